The van der Waals surface area contributed by atoms with Gasteiger partial charge in [-0.05, 0) is 31.9 Å². The summed E-state index contributed by atoms with van der Waals surface area (Å²) in [5, 5.41) is 9.92. The maximum absolute atomic E-state index is 4.78. The van der Waals surface area contributed by atoms with Gasteiger partial charge in [0.15, 0.2) is 0 Å². The topological polar surface area (TPSA) is 29.9 Å². The fourth-order valence-corrected chi connectivity index (χ4v) is 3.52. The molecule has 2 heterocycles. The molecule has 2 aromatic rings. The predicted octanol–water partition coefficient (Wildman–Crippen LogP) is 3.43. The van der Waals surface area contributed by atoms with E-state index in [-0.39, 0.29) is 5.54 Å². The highest BCUT2D eigenvalue weighted by Gasteiger charge is 2.30. The zero-order valence-electron chi connectivity index (χ0n) is 12.7. The van der Waals surface area contributed by atoms with E-state index in [0.29, 0.717) is 0 Å². The summed E-state index contributed by atoms with van der Waals surface area (Å²) >= 11 is 0. The Bertz CT molecular complexity index is 577. The van der Waals surface area contributed by atoms with E-state index in [1.54, 1.807) is 0 Å². The number of para-hydroxylation sites is 1. The smallest absolute Gasteiger partial charge is 0.0721 e. The lowest BCUT2D eigenvalue weighted by Gasteiger charge is -2.32. The molecule has 1 unspecified atom stereocenters. The molecule has 20 heavy (non-hydrogen) atoms. The number of hydrogen-bond acceptors (Lipinski definition) is 2. The lowest BCUT2D eigenvalue weighted by Crippen LogP contribution is -2.46. The third kappa shape index (κ3) is 2.47. The summed E-state index contributed by atoms with van der Waals surface area (Å²) in [7, 11) is 2.05. The van der Waals surface area contributed by atoms with Crippen LogP contribution in [0, 0.1) is 0 Å². The number of aryl methyl sites for hydroxylation is 1. The quantitative estimate of drug-likeness (QED) is 0.927. The predicted molar refractivity (Wildman–Crippen MR) is 83.9 cm³/mol. The molecule has 3 heteroatoms. The van der Waals surface area contributed by atoms with E-state index < -0.39 is 0 Å². The normalized spacial score (nSPS) is 23.9. The van der Waals surface area contributed by atoms with Crippen LogP contribution in [0.4, 0.5) is 0 Å². The molecular formula is C17H25N3. The van der Waals surface area contributed by atoms with Crippen molar-refractivity contribution in [3.8, 4) is 0 Å². The van der Waals surface area contributed by atoms with Crippen molar-refractivity contribution in [2.24, 2.45) is 7.05 Å². The second-order valence-corrected chi connectivity index (χ2v) is 6.14. The lowest BCUT2D eigenvalue weighted by molar-refractivity contribution is 0.299. The molecule has 1 atom stereocenters. The van der Waals surface area contributed by atoms with E-state index in [0.717, 1.165) is 13.0 Å². The molecule has 0 aliphatic carbocycles. The van der Waals surface area contributed by atoms with E-state index in [1.807, 2.05) is 11.7 Å². The van der Waals surface area contributed by atoms with Gasteiger partial charge in [0.25, 0.3) is 0 Å². The highest BCUT2D eigenvalue weighted by atomic mass is 15.3. The van der Waals surface area contributed by atoms with Crippen molar-refractivity contribution in [1.82, 2.24) is 15.1 Å². The Hall–Kier alpha value is -1.35. The summed E-state index contributed by atoms with van der Waals surface area (Å²) in [6.07, 6.45) is 7.51. The Kier molecular flexibility index (Phi) is 3.79. The van der Waals surface area contributed by atoms with Crippen LogP contribution in [-0.2, 0) is 13.5 Å². The molecule has 0 spiro atoms. The van der Waals surface area contributed by atoms with Crippen LogP contribution in [0.2, 0.25) is 0 Å². The van der Waals surface area contributed by atoms with Crippen molar-refractivity contribution in [3.05, 3.63) is 30.0 Å². The first-order valence-corrected chi connectivity index (χ1v) is 7.90. The first-order chi connectivity index (χ1) is 9.74. The molecule has 0 saturated carbocycles. The molecule has 0 amide bonds. The standard InChI is InChI=1S/C17H25N3/c1-3-17(11-7-4-8-12-18-17)13-15-14-9-5-6-10-16(14)20(2)19-15/h5-6,9-10,18H,3-4,7-8,11-13H2,1-2H3. The van der Waals surface area contributed by atoms with Crippen molar-refractivity contribution >= 4 is 10.9 Å². The SMILES string of the molecule is CCC1(Cc2nn(C)c3ccccc23)CCCCCN1. The van der Waals surface area contributed by atoms with E-state index in [4.69, 9.17) is 5.10 Å². The van der Waals surface area contributed by atoms with Gasteiger partial charge in [0.05, 0.1) is 11.2 Å². The van der Waals surface area contributed by atoms with E-state index in [1.165, 1.54) is 48.7 Å². The average molecular weight is 271 g/mol. The fraction of sp³-hybridized carbons (Fsp3) is 0.588. The van der Waals surface area contributed by atoms with Gasteiger partial charge in [-0.3, -0.25) is 4.68 Å². The highest BCUT2D eigenvalue weighted by Crippen LogP contribution is 2.29. The molecular weight excluding hydrogens is 246 g/mol. The third-order valence-corrected chi connectivity index (χ3v) is 4.85. The molecule has 0 bridgehead atoms. The molecule has 1 fully saturated rings. The van der Waals surface area contributed by atoms with Gasteiger partial charge in [0.2, 0.25) is 0 Å². The minimum atomic E-state index is 0.244. The Labute approximate surface area is 121 Å². The number of aromatic nitrogens is 2. The summed E-state index contributed by atoms with van der Waals surface area (Å²) in [6, 6.07) is 8.57. The van der Waals surface area contributed by atoms with E-state index >= 15 is 0 Å². The van der Waals surface area contributed by atoms with E-state index in [2.05, 4.69) is 36.5 Å². The molecule has 1 N–H and O–H groups in total. The Morgan fingerprint density at radius 3 is 2.95 bits per heavy atom. The van der Waals surface area contributed by atoms with Gasteiger partial charge in [-0.15, -0.1) is 0 Å². The number of rotatable bonds is 3. The minimum absolute atomic E-state index is 0.244. The second-order valence-electron chi connectivity index (χ2n) is 6.14. The molecule has 1 aliphatic rings. The van der Waals surface area contributed by atoms with Crippen LogP contribution in [0.3, 0.4) is 0 Å². The zero-order valence-corrected chi connectivity index (χ0v) is 12.7. The lowest BCUT2D eigenvalue weighted by atomic mass is 9.85. The Morgan fingerprint density at radius 2 is 2.10 bits per heavy atom. The Morgan fingerprint density at radius 1 is 1.25 bits per heavy atom. The molecule has 0 radical (unpaired) electrons. The highest BCUT2D eigenvalue weighted by molar-refractivity contribution is 5.81. The maximum atomic E-state index is 4.78. The van der Waals surface area contributed by atoms with Gasteiger partial charge in [0.1, 0.15) is 0 Å². The van der Waals surface area contributed by atoms with Crippen molar-refractivity contribution in [2.45, 2.75) is 51.0 Å². The molecule has 3 rings (SSSR count). The molecule has 108 valence electrons. The maximum Gasteiger partial charge on any atom is 0.0721 e. The van der Waals surface area contributed by atoms with Crippen LogP contribution in [0.1, 0.15) is 44.7 Å². The Balaban J connectivity index is 1.94. The molecule has 1 aliphatic heterocycles. The monoisotopic (exact) mass is 271 g/mol. The van der Waals surface area contributed by atoms with Crippen molar-refractivity contribution in [3.63, 3.8) is 0 Å². The van der Waals surface area contributed by atoms with Gasteiger partial charge in [-0.1, -0.05) is 38.0 Å². The molecule has 1 aromatic heterocycles. The minimum Gasteiger partial charge on any atom is -0.311 e. The fourth-order valence-electron chi connectivity index (χ4n) is 3.52. The van der Waals surface area contributed by atoms with Crippen LogP contribution in [0.25, 0.3) is 10.9 Å². The summed E-state index contributed by atoms with van der Waals surface area (Å²) in [4.78, 5) is 0. The average Bonchev–Trinajstić information content (AvgIpc) is 2.66. The summed E-state index contributed by atoms with van der Waals surface area (Å²) in [5.74, 6) is 0. The van der Waals surface area contributed by atoms with Crippen LogP contribution in [0.5, 0.6) is 0 Å². The largest absolute Gasteiger partial charge is 0.311 e. The zero-order chi connectivity index (χ0) is 14.0. The van der Waals surface area contributed by atoms with Crippen molar-refractivity contribution < 1.29 is 0 Å². The first-order valence-electron chi connectivity index (χ1n) is 7.90. The molecule has 1 saturated heterocycles. The van der Waals surface area contributed by atoms with Gasteiger partial charge < -0.3 is 5.32 Å². The van der Waals surface area contributed by atoms with Crippen LogP contribution in [-0.4, -0.2) is 21.9 Å². The second kappa shape index (κ2) is 5.57. The van der Waals surface area contributed by atoms with E-state index in [9.17, 15) is 0 Å². The van der Waals surface area contributed by atoms with Crippen LogP contribution >= 0.6 is 0 Å². The van der Waals surface area contributed by atoms with Gasteiger partial charge >= 0.3 is 0 Å². The van der Waals surface area contributed by atoms with Crippen LogP contribution < -0.4 is 5.32 Å². The summed E-state index contributed by atoms with van der Waals surface area (Å²) < 4.78 is 2.02. The molecule has 1 aromatic carbocycles. The van der Waals surface area contributed by atoms with Gasteiger partial charge in [0, 0.05) is 24.4 Å². The summed E-state index contributed by atoms with van der Waals surface area (Å²) in [6.45, 7) is 3.46. The number of benzene rings is 1. The molecule has 3 nitrogen and oxygen atoms in total. The van der Waals surface area contributed by atoms with Gasteiger partial charge in [-0.2, -0.15) is 5.10 Å². The number of fused-ring (bicyclic) bond motifs is 1. The first kappa shape index (κ1) is 13.6. The number of nitrogens with one attached hydrogen (secondary N) is 1. The van der Waals surface area contributed by atoms with Crippen LogP contribution in [0.15, 0.2) is 24.3 Å². The van der Waals surface area contributed by atoms with Crippen molar-refractivity contribution in [1.29, 1.82) is 0 Å². The number of nitrogens with zero attached hydrogens (tertiary/aromatic N) is 2. The van der Waals surface area contributed by atoms with Crippen molar-refractivity contribution in [2.75, 3.05) is 6.54 Å². The van der Waals surface area contributed by atoms with Gasteiger partial charge in [-0.25, -0.2) is 0 Å². The third-order valence-electron chi connectivity index (χ3n) is 4.85. The summed E-state index contributed by atoms with van der Waals surface area (Å²) in [5.41, 5.74) is 2.73. The number of hydrogen-bond donors (Lipinski definition) is 1.